The third-order valence-electron chi connectivity index (χ3n) is 3.64. The van der Waals surface area contributed by atoms with Crippen LogP contribution in [-0.4, -0.2) is 32.6 Å². The van der Waals surface area contributed by atoms with Crippen LogP contribution in [-0.2, 0) is 0 Å². The highest BCUT2D eigenvalue weighted by Gasteiger charge is 2.26. The molecular formula is C18H12N5O2S+. The summed E-state index contributed by atoms with van der Waals surface area (Å²) in [7, 11) is 0. The quantitative estimate of drug-likeness (QED) is 0.402. The zero-order chi connectivity index (χ0) is 17.9. The first-order chi connectivity index (χ1) is 12.8. The Bertz CT molecular complexity index is 1050. The molecule has 0 bridgehead atoms. The Morgan fingerprint density at radius 2 is 1.62 bits per heavy atom. The van der Waals surface area contributed by atoms with Crippen LogP contribution >= 0.6 is 11.3 Å². The third-order valence-corrected chi connectivity index (χ3v) is 4.60. The lowest BCUT2D eigenvalue weighted by atomic mass is 10.2. The lowest BCUT2D eigenvalue weighted by Crippen LogP contribution is -2.43. The van der Waals surface area contributed by atoms with Gasteiger partial charge in [0, 0.05) is 10.7 Å². The third kappa shape index (κ3) is 2.82. The van der Waals surface area contributed by atoms with Crippen LogP contribution in [0.1, 0.15) is 20.2 Å². The molecule has 4 rings (SSSR count). The molecule has 0 N–H and O–H groups in total. The van der Waals surface area contributed by atoms with E-state index >= 15 is 0 Å². The number of benzene rings is 2. The molecule has 0 unspecified atom stereocenters. The summed E-state index contributed by atoms with van der Waals surface area (Å²) < 4.78 is 0. The highest BCUT2D eigenvalue weighted by Crippen LogP contribution is 2.18. The maximum Gasteiger partial charge on any atom is 0.365 e. The van der Waals surface area contributed by atoms with E-state index < -0.39 is 0 Å². The molecule has 7 nitrogen and oxygen atoms in total. The number of tetrazole rings is 1. The largest absolute Gasteiger partial charge is 0.365 e. The van der Waals surface area contributed by atoms with Gasteiger partial charge in [-0.2, -0.15) is 0 Å². The zero-order valence-corrected chi connectivity index (χ0v) is 14.2. The fourth-order valence-electron chi connectivity index (χ4n) is 2.43. The predicted molar refractivity (Wildman–Crippen MR) is 94.8 cm³/mol. The molecule has 0 spiro atoms. The minimum absolute atomic E-state index is 0.0939. The average Bonchev–Trinajstić information content (AvgIpc) is 3.33. The van der Waals surface area contributed by atoms with E-state index in [9.17, 15) is 9.59 Å². The molecule has 2 aromatic carbocycles. The maximum absolute atomic E-state index is 11.2. The zero-order valence-electron chi connectivity index (χ0n) is 13.4. The Hall–Kier alpha value is -3.52. The second kappa shape index (κ2) is 6.77. The summed E-state index contributed by atoms with van der Waals surface area (Å²) in [4.78, 5) is 29.9. The summed E-state index contributed by atoms with van der Waals surface area (Å²) in [5, 5.41) is 9.49. The summed E-state index contributed by atoms with van der Waals surface area (Å²) in [5.41, 5.74) is 1.72. The Labute approximate surface area is 152 Å². The van der Waals surface area contributed by atoms with Crippen molar-refractivity contribution in [2.75, 3.05) is 0 Å². The van der Waals surface area contributed by atoms with Gasteiger partial charge in [0.2, 0.25) is 5.69 Å². The van der Waals surface area contributed by atoms with Gasteiger partial charge in [0.05, 0.1) is 0 Å². The van der Waals surface area contributed by atoms with Crippen LogP contribution in [0.3, 0.4) is 0 Å². The van der Waals surface area contributed by atoms with Crippen molar-refractivity contribution in [3.8, 4) is 22.2 Å². The van der Waals surface area contributed by atoms with E-state index in [0.29, 0.717) is 23.5 Å². The van der Waals surface area contributed by atoms with Gasteiger partial charge in [-0.3, -0.25) is 9.59 Å². The van der Waals surface area contributed by atoms with E-state index in [2.05, 4.69) is 15.2 Å². The highest BCUT2D eigenvalue weighted by atomic mass is 32.1. The average molecular weight is 362 g/mol. The molecule has 0 atom stereocenters. The summed E-state index contributed by atoms with van der Waals surface area (Å²) in [5.74, 6) is 0.505. The summed E-state index contributed by atoms with van der Waals surface area (Å²) in [6.07, 6.45) is 1.18. The molecular weight excluding hydrogens is 350 g/mol. The van der Waals surface area contributed by atoms with Gasteiger partial charge in [-0.05, 0) is 39.0 Å². The molecule has 0 saturated carbocycles. The van der Waals surface area contributed by atoms with Crippen LogP contribution in [0, 0.1) is 0 Å². The second-order valence-corrected chi connectivity index (χ2v) is 6.29. The SMILES string of the molecule is O=Cc1nc(-[n+]2nc(-c3ccccc3)nn2-c2ccccc2)sc1C=O. The molecule has 0 aliphatic heterocycles. The number of hydrogen-bond acceptors (Lipinski definition) is 6. The number of para-hydroxylation sites is 1. The highest BCUT2D eigenvalue weighted by molar-refractivity contribution is 7.15. The van der Waals surface area contributed by atoms with Gasteiger partial charge < -0.3 is 0 Å². The molecule has 0 aliphatic rings. The van der Waals surface area contributed by atoms with Crippen LogP contribution in [0.15, 0.2) is 60.7 Å². The topological polar surface area (TPSA) is 81.6 Å². The lowest BCUT2D eigenvalue weighted by Gasteiger charge is -1.97. The van der Waals surface area contributed by atoms with Crippen molar-refractivity contribution in [2.24, 2.45) is 0 Å². The fraction of sp³-hybridized carbons (Fsp3) is 0. The van der Waals surface area contributed by atoms with Crippen LogP contribution in [0.5, 0.6) is 0 Å². The van der Waals surface area contributed by atoms with Crippen molar-refractivity contribution in [1.82, 2.24) is 20.0 Å². The summed E-state index contributed by atoms with van der Waals surface area (Å²) in [6, 6.07) is 19.0. The van der Waals surface area contributed by atoms with E-state index in [4.69, 9.17) is 0 Å². The molecule has 0 amide bonds. The van der Waals surface area contributed by atoms with Crippen LogP contribution in [0.2, 0.25) is 0 Å². The number of carbonyl (C=O) groups is 2. The number of rotatable bonds is 5. The van der Waals surface area contributed by atoms with Gasteiger partial charge in [0.15, 0.2) is 12.6 Å². The number of aromatic nitrogens is 5. The molecule has 2 heterocycles. The number of aldehydes is 2. The van der Waals surface area contributed by atoms with E-state index in [1.807, 2.05) is 60.7 Å². The minimum atomic E-state index is 0.0939. The molecule has 8 heteroatoms. The smallest absolute Gasteiger partial charge is 0.297 e. The van der Waals surface area contributed by atoms with Gasteiger partial charge in [-0.15, -0.1) is 0 Å². The van der Waals surface area contributed by atoms with Gasteiger partial charge in [0.25, 0.3) is 5.82 Å². The van der Waals surface area contributed by atoms with Crippen molar-refractivity contribution in [3.05, 3.63) is 71.2 Å². The molecule has 26 heavy (non-hydrogen) atoms. The normalized spacial score (nSPS) is 10.6. The van der Waals surface area contributed by atoms with E-state index in [1.165, 1.54) is 4.80 Å². The number of nitrogens with zero attached hydrogens (tertiary/aromatic N) is 5. The molecule has 0 aliphatic carbocycles. The second-order valence-electron chi connectivity index (χ2n) is 5.29. The molecule has 4 aromatic rings. The first kappa shape index (κ1) is 16.0. The number of carbonyl (C=O) groups excluding carboxylic acids is 2. The molecule has 0 fully saturated rings. The monoisotopic (exact) mass is 362 g/mol. The Morgan fingerprint density at radius 3 is 2.23 bits per heavy atom. The van der Waals surface area contributed by atoms with E-state index in [-0.39, 0.29) is 10.6 Å². The first-order valence-electron chi connectivity index (χ1n) is 7.72. The molecule has 2 aromatic heterocycles. The van der Waals surface area contributed by atoms with Crippen molar-refractivity contribution in [2.45, 2.75) is 0 Å². The number of thiazole rings is 1. The lowest BCUT2D eigenvalue weighted by molar-refractivity contribution is -0.734. The van der Waals surface area contributed by atoms with Gasteiger partial charge in [-0.25, -0.2) is 0 Å². The summed E-state index contributed by atoms with van der Waals surface area (Å²) in [6.45, 7) is 0. The molecule has 0 saturated heterocycles. The van der Waals surface area contributed by atoms with Gasteiger partial charge in [-0.1, -0.05) is 52.7 Å². The van der Waals surface area contributed by atoms with Gasteiger partial charge in [0.1, 0.15) is 10.6 Å². The maximum atomic E-state index is 11.2. The number of hydrogen-bond donors (Lipinski definition) is 0. The van der Waals surface area contributed by atoms with Crippen LogP contribution < -0.4 is 4.80 Å². The van der Waals surface area contributed by atoms with E-state index in [0.717, 1.165) is 22.6 Å². The Kier molecular flexibility index (Phi) is 4.16. The van der Waals surface area contributed by atoms with Crippen molar-refractivity contribution in [1.29, 1.82) is 0 Å². The fourth-order valence-corrected chi connectivity index (χ4v) is 3.21. The van der Waals surface area contributed by atoms with Gasteiger partial charge >= 0.3 is 5.13 Å². The van der Waals surface area contributed by atoms with Crippen molar-refractivity contribution in [3.63, 3.8) is 0 Å². The standard InChI is InChI=1S/C18H12N5O2S/c24-11-15-16(12-25)26-18(19-15)23-21-17(13-7-3-1-4-8-13)20-22(23)14-9-5-2-6-10-14/h1-12H/q+1. The van der Waals surface area contributed by atoms with E-state index in [1.54, 1.807) is 4.80 Å². The molecule has 126 valence electrons. The summed E-state index contributed by atoms with van der Waals surface area (Å²) >= 11 is 1.08. The van der Waals surface area contributed by atoms with Crippen LogP contribution in [0.4, 0.5) is 0 Å². The minimum Gasteiger partial charge on any atom is -0.297 e. The first-order valence-corrected chi connectivity index (χ1v) is 8.54. The van der Waals surface area contributed by atoms with Crippen molar-refractivity contribution < 1.29 is 14.4 Å². The Balaban J connectivity index is 1.92. The van der Waals surface area contributed by atoms with Crippen LogP contribution in [0.25, 0.3) is 22.2 Å². The molecule has 0 radical (unpaired) electrons. The Morgan fingerprint density at radius 1 is 0.923 bits per heavy atom. The van der Waals surface area contributed by atoms with Crippen molar-refractivity contribution >= 4 is 23.9 Å². The predicted octanol–water partition coefficient (Wildman–Crippen LogP) is 2.29.